The number of hydrogen-bond acceptors (Lipinski definition) is 3. The van der Waals surface area contributed by atoms with Crippen LogP contribution in [0.5, 0.6) is 0 Å². The van der Waals surface area contributed by atoms with Gasteiger partial charge >= 0.3 is 6.36 Å². The standard InChI is InChI=1S/C25H17F5N2O.C2H6/c26-18-8-4-16(5-9-18)23-14-21(15-24(32-23)17-6-10-19(27)11-7-17)31-20-2-1-3-22(13-12-20)33-25(28,29)30;1-2/h2-15H,1H2,(H,31,32);1-2H3. The molecule has 182 valence electrons. The van der Waals surface area contributed by atoms with Crippen LogP contribution < -0.4 is 5.32 Å². The van der Waals surface area contributed by atoms with Crippen molar-refractivity contribution in [2.45, 2.75) is 26.6 Å². The van der Waals surface area contributed by atoms with Gasteiger partial charge in [0.15, 0.2) is 0 Å². The van der Waals surface area contributed by atoms with Gasteiger partial charge in [0.1, 0.15) is 17.4 Å². The van der Waals surface area contributed by atoms with Gasteiger partial charge in [0.05, 0.1) is 11.4 Å². The summed E-state index contributed by atoms with van der Waals surface area (Å²) in [7, 11) is 0. The van der Waals surface area contributed by atoms with Crippen LogP contribution in [0.15, 0.2) is 96.4 Å². The number of pyridine rings is 1. The molecule has 4 rings (SSSR count). The fourth-order valence-electron chi connectivity index (χ4n) is 3.22. The lowest BCUT2D eigenvalue weighted by molar-refractivity contribution is -0.303. The van der Waals surface area contributed by atoms with E-state index in [1.165, 1.54) is 42.5 Å². The van der Waals surface area contributed by atoms with E-state index in [0.29, 0.717) is 33.9 Å². The van der Waals surface area contributed by atoms with Crippen LogP contribution in [0.25, 0.3) is 22.5 Å². The van der Waals surface area contributed by atoms with E-state index in [1.807, 2.05) is 13.8 Å². The highest BCUT2D eigenvalue weighted by Gasteiger charge is 2.31. The highest BCUT2D eigenvalue weighted by molar-refractivity contribution is 5.73. The zero-order valence-electron chi connectivity index (χ0n) is 19.0. The summed E-state index contributed by atoms with van der Waals surface area (Å²) in [6, 6.07) is 15.1. The number of halogens is 5. The predicted octanol–water partition coefficient (Wildman–Crippen LogP) is 8.40. The number of nitrogens with one attached hydrogen (secondary N) is 1. The number of aromatic nitrogens is 1. The quantitative estimate of drug-likeness (QED) is 0.368. The minimum Gasteiger partial charge on any atom is -0.406 e. The third-order valence-electron chi connectivity index (χ3n) is 4.71. The van der Waals surface area contributed by atoms with Gasteiger partial charge in [-0.1, -0.05) is 19.9 Å². The van der Waals surface area contributed by atoms with Crippen molar-refractivity contribution < 1.29 is 26.7 Å². The third kappa shape index (κ3) is 7.53. The molecule has 1 aliphatic carbocycles. The maximum Gasteiger partial charge on any atom is 0.573 e. The first-order chi connectivity index (χ1) is 16.7. The smallest absolute Gasteiger partial charge is 0.406 e. The van der Waals surface area contributed by atoms with Crippen LogP contribution >= 0.6 is 0 Å². The molecule has 8 heteroatoms. The SMILES string of the molecule is CC.Fc1ccc(-c2cc(NC3=CCC=C(OC(F)(F)F)C=C3)cc(-c3ccc(F)cc3)n2)cc1. The molecule has 0 saturated carbocycles. The normalized spacial score (nSPS) is 13.1. The number of alkyl halides is 3. The summed E-state index contributed by atoms with van der Waals surface area (Å²) in [6.45, 7) is 4.00. The van der Waals surface area contributed by atoms with E-state index in [9.17, 15) is 22.0 Å². The lowest BCUT2D eigenvalue weighted by atomic mass is 10.1. The Hall–Kier alpha value is -3.94. The Bertz CT molecular complexity index is 1160. The number of allylic oxidation sites excluding steroid dienone is 4. The second-order valence-corrected chi connectivity index (χ2v) is 7.15. The van der Waals surface area contributed by atoms with E-state index in [1.54, 1.807) is 42.5 Å². The molecular weight excluding hydrogens is 463 g/mol. The summed E-state index contributed by atoms with van der Waals surface area (Å²) in [5, 5.41) is 3.16. The predicted molar refractivity (Wildman–Crippen MR) is 127 cm³/mol. The molecule has 0 atom stereocenters. The molecule has 2 aromatic carbocycles. The van der Waals surface area contributed by atoms with Crippen molar-refractivity contribution in [2.24, 2.45) is 0 Å². The second kappa shape index (κ2) is 11.5. The van der Waals surface area contributed by atoms with Gasteiger partial charge in [-0.25, -0.2) is 13.8 Å². The molecule has 3 aromatic rings. The van der Waals surface area contributed by atoms with Crippen LogP contribution in [0, 0.1) is 11.6 Å². The fourth-order valence-corrected chi connectivity index (χ4v) is 3.22. The maximum atomic E-state index is 13.4. The summed E-state index contributed by atoms with van der Waals surface area (Å²) < 4.78 is 68.2. The summed E-state index contributed by atoms with van der Waals surface area (Å²) in [5.74, 6) is -1.07. The highest BCUT2D eigenvalue weighted by Crippen LogP contribution is 2.29. The third-order valence-corrected chi connectivity index (χ3v) is 4.71. The molecule has 1 aliphatic rings. The van der Waals surface area contributed by atoms with E-state index >= 15 is 0 Å². The van der Waals surface area contributed by atoms with Crippen LogP contribution in [-0.4, -0.2) is 11.3 Å². The molecule has 0 radical (unpaired) electrons. The molecule has 0 fully saturated rings. The lowest BCUT2D eigenvalue weighted by Gasteiger charge is -2.12. The van der Waals surface area contributed by atoms with Gasteiger partial charge in [-0.15, -0.1) is 13.2 Å². The molecule has 1 aromatic heterocycles. The topological polar surface area (TPSA) is 34.1 Å². The van der Waals surface area contributed by atoms with Crippen LogP contribution in [0.2, 0.25) is 0 Å². The van der Waals surface area contributed by atoms with E-state index in [-0.39, 0.29) is 23.8 Å². The van der Waals surface area contributed by atoms with Crippen molar-refractivity contribution in [1.29, 1.82) is 0 Å². The Morgan fingerprint density at radius 3 is 1.77 bits per heavy atom. The van der Waals surface area contributed by atoms with Gasteiger partial charge in [-0.05, 0) is 85.3 Å². The molecule has 0 bridgehead atoms. The Labute approximate surface area is 200 Å². The number of rotatable bonds is 5. The van der Waals surface area contributed by atoms with Crippen molar-refractivity contribution in [3.05, 3.63) is 108 Å². The molecule has 0 spiro atoms. The van der Waals surface area contributed by atoms with Crippen LogP contribution in [-0.2, 0) is 4.74 Å². The first kappa shape index (κ1) is 25.7. The van der Waals surface area contributed by atoms with Crippen molar-refractivity contribution in [3.8, 4) is 22.5 Å². The van der Waals surface area contributed by atoms with Gasteiger partial charge in [0.2, 0.25) is 0 Å². The van der Waals surface area contributed by atoms with Crippen molar-refractivity contribution in [2.75, 3.05) is 5.32 Å². The van der Waals surface area contributed by atoms with Crippen LogP contribution in [0.3, 0.4) is 0 Å². The number of ether oxygens (including phenoxy) is 1. The number of anilines is 1. The summed E-state index contributed by atoms with van der Waals surface area (Å²) >= 11 is 0. The van der Waals surface area contributed by atoms with E-state index in [2.05, 4.69) is 15.0 Å². The zero-order chi connectivity index (χ0) is 25.4. The molecule has 35 heavy (non-hydrogen) atoms. The van der Waals surface area contributed by atoms with Gasteiger partial charge in [-0.3, -0.25) is 0 Å². The minimum absolute atomic E-state index is 0.224. The highest BCUT2D eigenvalue weighted by atomic mass is 19.4. The number of benzene rings is 2. The summed E-state index contributed by atoms with van der Waals surface area (Å²) in [5.41, 5.74) is 3.55. The van der Waals surface area contributed by atoms with Gasteiger partial charge in [-0.2, -0.15) is 0 Å². The summed E-state index contributed by atoms with van der Waals surface area (Å²) in [4.78, 5) is 4.62. The van der Waals surface area contributed by atoms with Crippen molar-refractivity contribution >= 4 is 5.69 Å². The van der Waals surface area contributed by atoms with Gasteiger partial charge < -0.3 is 10.1 Å². The first-order valence-corrected chi connectivity index (χ1v) is 10.9. The van der Waals surface area contributed by atoms with Gasteiger partial charge in [0.25, 0.3) is 0 Å². The van der Waals surface area contributed by atoms with Crippen LogP contribution in [0.1, 0.15) is 20.3 Å². The minimum atomic E-state index is -4.77. The van der Waals surface area contributed by atoms with Crippen LogP contribution in [0.4, 0.5) is 27.6 Å². The monoisotopic (exact) mass is 486 g/mol. The molecule has 0 aliphatic heterocycles. The van der Waals surface area contributed by atoms with Gasteiger partial charge in [0, 0.05) is 22.5 Å². The Kier molecular flexibility index (Phi) is 8.41. The average Bonchev–Trinajstić information content (AvgIpc) is 3.05. The molecule has 0 saturated heterocycles. The molecule has 1 N–H and O–H groups in total. The largest absolute Gasteiger partial charge is 0.573 e. The van der Waals surface area contributed by atoms with E-state index < -0.39 is 6.36 Å². The van der Waals surface area contributed by atoms with Crippen molar-refractivity contribution in [1.82, 2.24) is 4.98 Å². The Morgan fingerprint density at radius 1 is 0.771 bits per heavy atom. The van der Waals surface area contributed by atoms with Crippen molar-refractivity contribution in [3.63, 3.8) is 0 Å². The zero-order valence-corrected chi connectivity index (χ0v) is 19.0. The van der Waals surface area contributed by atoms with E-state index in [4.69, 9.17) is 0 Å². The first-order valence-electron chi connectivity index (χ1n) is 10.9. The summed E-state index contributed by atoms with van der Waals surface area (Å²) in [6.07, 6.45) is 1.18. The molecular formula is C27H23F5N2O. The number of hydrogen-bond donors (Lipinski definition) is 1. The van der Waals surface area contributed by atoms with E-state index in [0.717, 1.165) is 0 Å². The maximum absolute atomic E-state index is 13.4. The lowest BCUT2D eigenvalue weighted by Crippen LogP contribution is -2.11. The molecule has 0 amide bonds. The molecule has 0 unspecified atom stereocenters. The number of nitrogens with zero attached hydrogens (tertiary/aromatic N) is 1. The Morgan fingerprint density at radius 2 is 1.29 bits per heavy atom. The molecule has 1 heterocycles. The average molecular weight is 486 g/mol. The molecule has 3 nitrogen and oxygen atoms in total. The fraction of sp³-hybridized carbons (Fsp3) is 0.148. The Balaban J connectivity index is 0.00000167. The second-order valence-electron chi connectivity index (χ2n) is 7.15.